The van der Waals surface area contributed by atoms with E-state index in [4.69, 9.17) is 5.73 Å². The number of aliphatic hydroxyl groups is 1. The Bertz CT molecular complexity index is 458. The van der Waals surface area contributed by atoms with Crippen molar-refractivity contribution in [2.45, 2.75) is 33.3 Å². The molecule has 0 saturated carbocycles. The van der Waals surface area contributed by atoms with Crippen LogP contribution in [-0.4, -0.2) is 42.2 Å². The van der Waals surface area contributed by atoms with Crippen molar-refractivity contribution >= 4 is 5.91 Å². The van der Waals surface area contributed by atoms with Crippen molar-refractivity contribution in [1.82, 2.24) is 4.90 Å². The van der Waals surface area contributed by atoms with Gasteiger partial charge in [-0.3, -0.25) is 4.79 Å². The van der Waals surface area contributed by atoms with Crippen molar-refractivity contribution < 1.29 is 9.90 Å². The Hall–Kier alpha value is -1.39. The van der Waals surface area contributed by atoms with E-state index in [0.29, 0.717) is 6.54 Å². The molecule has 1 rings (SSSR count). The van der Waals surface area contributed by atoms with Crippen molar-refractivity contribution in [3.8, 4) is 0 Å². The van der Waals surface area contributed by atoms with Crippen LogP contribution in [0.25, 0.3) is 0 Å². The zero-order chi connectivity index (χ0) is 14.6. The summed E-state index contributed by atoms with van der Waals surface area (Å²) in [6.45, 7) is 6.81. The van der Waals surface area contributed by atoms with Gasteiger partial charge in [-0.05, 0) is 49.4 Å². The standard InChI is InChI=1S/C15H24N2O2/c1-10-7-12(3)13(8-11(10)2)5-6-17(4)15(19)14(18)9-16/h7-8,14,18H,5-6,9,16H2,1-4H3. The maximum Gasteiger partial charge on any atom is 0.252 e. The molecule has 1 atom stereocenters. The molecule has 1 amide bonds. The highest BCUT2D eigenvalue weighted by Crippen LogP contribution is 2.16. The molecule has 1 aromatic rings. The molecule has 0 saturated heterocycles. The summed E-state index contributed by atoms with van der Waals surface area (Å²) in [6, 6.07) is 4.34. The normalized spacial score (nSPS) is 12.3. The number of carbonyl (C=O) groups excluding carboxylic acids is 1. The number of benzene rings is 1. The number of amides is 1. The van der Waals surface area contributed by atoms with Gasteiger partial charge in [0.2, 0.25) is 0 Å². The number of carbonyl (C=O) groups is 1. The minimum absolute atomic E-state index is 0.0359. The van der Waals surface area contributed by atoms with Crippen LogP contribution >= 0.6 is 0 Å². The maximum atomic E-state index is 11.7. The average molecular weight is 264 g/mol. The SMILES string of the molecule is Cc1cc(C)c(CCN(C)C(=O)C(O)CN)cc1C. The van der Waals surface area contributed by atoms with Gasteiger partial charge in [-0.25, -0.2) is 0 Å². The summed E-state index contributed by atoms with van der Waals surface area (Å²) < 4.78 is 0. The van der Waals surface area contributed by atoms with Gasteiger partial charge in [0.1, 0.15) is 6.10 Å². The first kappa shape index (κ1) is 15.7. The molecular weight excluding hydrogens is 240 g/mol. The van der Waals surface area contributed by atoms with Crippen LogP contribution < -0.4 is 5.73 Å². The Morgan fingerprint density at radius 3 is 2.42 bits per heavy atom. The van der Waals surface area contributed by atoms with E-state index in [9.17, 15) is 9.90 Å². The number of rotatable bonds is 5. The van der Waals surface area contributed by atoms with Crippen molar-refractivity contribution in [2.24, 2.45) is 5.73 Å². The van der Waals surface area contributed by atoms with Gasteiger partial charge in [0, 0.05) is 20.1 Å². The minimum atomic E-state index is -1.09. The lowest BCUT2D eigenvalue weighted by Gasteiger charge is -2.20. The summed E-state index contributed by atoms with van der Waals surface area (Å²) in [5.41, 5.74) is 10.3. The Balaban J connectivity index is 2.67. The zero-order valence-corrected chi connectivity index (χ0v) is 12.2. The van der Waals surface area contributed by atoms with E-state index < -0.39 is 6.10 Å². The molecule has 0 aliphatic rings. The summed E-state index contributed by atoms with van der Waals surface area (Å²) in [6.07, 6.45) is -0.308. The fraction of sp³-hybridized carbons (Fsp3) is 0.533. The molecule has 0 aromatic heterocycles. The highest BCUT2D eigenvalue weighted by Gasteiger charge is 2.17. The Labute approximate surface area is 115 Å². The summed E-state index contributed by atoms with van der Waals surface area (Å²) in [5.74, 6) is -0.316. The predicted molar refractivity (Wildman–Crippen MR) is 77.1 cm³/mol. The third-order valence-electron chi connectivity index (χ3n) is 3.55. The lowest BCUT2D eigenvalue weighted by atomic mass is 9.98. The third-order valence-corrected chi connectivity index (χ3v) is 3.55. The average Bonchev–Trinajstić information content (AvgIpc) is 2.39. The van der Waals surface area contributed by atoms with Gasteiger partial charge in [-0.2, -0.15) is 0 Å². The van der Waals surface area contributed by atoms with Gasteiger partial charge in [0.05, 0.1) is 0 Å². The predicted octanol–water partition coefficient (Wildman–Crippen LogP) is 0.932. The van der Waals surface area contributed by atoms with Crippen molar-refractivity contribution in [3.05, 3.63) is 34.4 Å². The summed E-state index contributed by atoms with van der Waals surface area (Å²) in [4.78, 5) is 13.2. The van der Waals surface area contributed by atoms with Crippen molar-refractivity contribution in [3.63, 3.8) is 0 Å². The van der Waals surface area contributed by atoms with Crippen LogP contribution in [0.2, 0.25) is 0 Å². The minimum Gasteiger partial charge on any atom is -0.382 e. The first-order valence-electron chi connectivity index (χ1n) is 6.56. The second kappa shape index (κ2) is 6.68. The molecule has 4 heteroatoms. The highest BCUT2D eigenvalue weighted by molar-refractivity contribution is 5.80. The molecule has 0 bridgehead atoms. The second-order valence-electron chi connectivity index (χ2n) is 5.12. The summed E-state index contributed by atoms with van der Waals surface area (Å²) >= 11 is 0. The van der Waals surface area contributed by atoms with E-state index in [1.165, 1.54) is 27.2 Å². The van der Waals surface area contributed by atoms with Gasteiger partial charge >= 0.3 is 0 Å². The van der Waals surface area contributed by atoms with Crippen LogP contribution in [-0.2, 0) is 11.2 Å². The summed E-state index contributed by atoms with van der Waals surface area (Å²) in [7, 11) is 1.69. The Morgan fingerprint density at radius 1 is 1.26 bits per heavy atom. The molecule has 106 valence electrons. The van der Waals surface area contributed by atoms with Crippen molar-refractivity contribution in [1.29, 1.82) is 0 Å². The van der Waals surface area contributed by atoms with E-state index in [-0.39, 0.29) is 12.5 Å². The molecule has 0 heterocycles. The molecule has 1 unspecified atom stereocenters. The van der Waals surface area contributed by atoms with Crippen LogP contribution in [0, 0.1) is 20.8 Å². The number of hydrogen-bond acceptors (Lipinski definition) is 3. The molecule has 0 radical (unpaired) electrons. The number of hydrogen-bond donors (Lipinski definition) is 2. The number of aryl methyl sites for hydroxylation is 3. The van der Waals surface area contributed by atoms with E-state index in [2.05, 4.69) is 32.9 Å². The van der Waals surface area contributed by atoms with Gasteiger partial charge in [-0.1, -0.05) is 12.1 Å². The number of nitrogens with zero attached hydrogens (tertiary/aromatic N) is 1. The Kier molecular flexibility index (Phi) is 5.51. The third kappa shape index (κ3) is 4.04. The molecular formula is C15H24N2O2. The van der Waals surface area contributed by atoms with E-state index in [1.54, 1.807) is 7.05 Å². The smallest absolute Gasteiger partial charge is 0.252 e. The van der Waals surface area contributed by atoms with Gasteiger partial charge in [0.15, 0.2) is 0 Å². The number of aliphatic hydroxyl groups excluding tert-OH is 1. The van der Waals surface area contributed by atoms with E-state index in [1.807, 2.05) is 0 Å². The molecule has 19 heavy (non-hydrogen) atoms. The molecule has 3 N–H and O–H groups in total. The zero-order valence-electron chi connectivity index (χ0n) is 12.2. The first-order chi connectivity index (χ1) is 8.86. The van der Waals surface area contributed by atoms with Crippen LogP contribution in [0.4, 0.5) is 0 Å². The molecule has 1 aromatic carbocycles. The van der Waals surface area contributed by atoms with Crippen LogP contribution in [0.5, 0.6) is 0 Å². The molecule has 0 spiro atoms. The van der Waals surface area contributed by atoms with Gasteiger partial charge in [-0.15, -0.1) is 0 Å². The molecule has 0 aliphatic carbocycles. The second-order valence-corrected chi connectivity index (χ2v) is 5.12. The van der Waals surface area contributed by atoms with Gasteiger partial charge in [0.25, 0.3) is 5.91 Å². The van der Waals surface area contributed by atoms with E-state index >= 15 is 0 Å². The molecule has 4 nitrogen and oxygen atoms in total. The topological polar surface area (TPSA) is 66.6 Å². The fourth-order valence-electron chi connectivity index (χ4n) is 2.04. The van der Waals surface area contributed by atoms with Crippen LogP contribution in [0.1, 0.15) is 22.3 Å². The highest BCUT2D eigenvalue weighted by atomic mass is 16.3. The molecule has 0 aliphatic heterocycles. The Morgan fingerprint density at radius 2 is 1.84 bits per heavy atom. The largest absolute Gasteiger partial charge is 0.382 e. The lowest BCUT2D eigenvalue weighted by molar-refractivity contribution is -0.138. The summed E-state index contributed by atoms with van der Waals surface area (Å²) in [5, 5.41) is 9.41. The van der Waals surface area contributed by atoms with E-state index in [0.717, 1.165) is 6.42 Å². The van der Waals surface area contributed by atoms with Crippen molar-refractivity contribution in [2.75, 3.05) is 20.1 Å². The number of nitrogens with two attached hydrogens (primary N) is 1. The first-order valence-corrected chi connectivity index (χ1v) is 6.56. The quantitative estimate of drug-likeness (QED) is 0.831. The molecule has 0 fully saturated rings. The van der Waals surface area contributed by atoms with Gasteiger partial charge < -0.3 is 15.7 Å². The van der Waals surface area contributed by atoms with Crippen LogP contribution in [0.3, 0.4) is 0 Å². The monoisotopic (exact) mass is 264 g/mol. The lowest BCUT2D eigenvalue weighted by Crippen LogP contribution is -2.41. The number of likely N-dealkylation sites (N-methyl/N-ethyl adjacent to an activating group) is 1. The van der Waals surface area contributed by atoms with Crippen LogP contribution in [0.15, 0.2) is 12.1 Å². The fourth-order valence-corrected chi connectivity index (χ4v) is 2.04. The maximum absolute atomic E-state index is 11.7.